The van der Waals surface area contributed by atoms with Crippen LogP contribution in [-0.4, -0.2) is 6.54 Å². The summed E-state index contributed by atoms with van der Waals surface area (Å²) < 4.78 is 0. The zero-order valence-electron chi connectivity index (χ0n) is 6.99. The second-order valence-corrected chi connectivity index (χ2v) is 3.51. The Morgan fingerprint density at radius 3 is 2.30 bits per heavy atom. The number of nitrogens with one attached hydrogen (secondary N) is 3. The molecule has 0 spiro atoms. The molecule has 0 aliphatic carbocycles. The highest BCUT2D eigenvalue weighted by molar-refractivity contribution is 4.61. The molecule has 10 heavy (non-hydrogen) atoms. The standard InChI is InChI=1S/C6H18N4/c1-6(2,3)4-5-8-10-9-7/h8-10H,4-5,7H2,1-3H3. The van der Waals surface area contributed by atoms with E-state index in [0.717, 1.165) is 13.0 Å². The van der Waals surface area contributed by atoms with Crippen LogP contribution in [0.2, 0.25) is 0 Å². The molecule has 0 bridgehead atoms. The quantitative estimate of drug-likeness (QED) is 0.254. The number of hydrogen-bond donors (Lipinski definition) is 4. The van der Waals surface area contributed by atoms with Gasteiger partial charge in [0.25, 0.3) is 0 Å². The molecule has 4 heteroatoms. The lowest BCUT2D eigenvalue weighted by Crippen LogP contribution is -2.47. The van der Waals surface area contributed by atoms with Crippen molar-refractivity contribution >= 4 is 0 Å². The zero-order chi connectivity index (χ0) is 8.04. The fourth-order valence-corrected chi connectivity index (χ4v) is 0.551. The van der Waals surface area contributed by atoms with Crippen LogP contribution in [0.1, 0.15) is 27.2 Å². The normalized spacial score (nSPS) is 12.0. The van der Waals surface area contributed by atoms with Crippen molar-refractivity contribution in [3.63, 3.8) is 0 Å². The summed E-state index contributed by atoms with van der Waals surface area (Å²) >= 11 is 0. The highest BCUT2D eigenvalue weighted by Crippen LogP contribution is 2.16. The number of rotatable bonds is 4. The van der Waals surface area contributed by atoms with E-state index >= 15 is 0 Å². The van der Waals surface area contributed by atoms with Crippen LogP contribution in [0.25, 0.3) is 0 Å². The average Bonchev–Trinajstić information content (AvgIpc) is 1.78. The molecule has 0 amide bonds. The van der Waals surface area contributed by atoms with Gasteiger partial charge >= 0.3 is 0 Å². The van der Waals surface area contributed by atoms with Gasteiger partial charge in [0.2, 0.25) is 0 Å². The lowest BCUT2D eigenvalue weighted by Gasteiger charge is -2.17. The van der Waals surface area contributed by atoms with Crippen LogP contribution >= 0.6 is 0 Å². The third-order valence-electron chi connectivity index (χ3n) is 1.16. The molecule has 0 aromatic heterocycles. The molecule has 0 aliphatic heterocycles. The van der Waals surface area contributed by atoms with Crippen LogP contribution < -0.4 is 22.3 Å². The first-order chi connectivity index (χ1) is 4.56. The summed E-state index contributed by atoms with van der Waals surface area (Å²) in [6, 6.07) is 0. The summed E-state index contributed by atoms with van der Waals surface area (Å²) in [5.41, 5.74) is 8.18. The molecule has 0 aromatic carbocycles. The molecule has 0 fully saturated rings. The summed E-state index contributed by atoms with van der Waals surface area (Å²) in [6.07, 6.45) is 1.11. The summed E-state index contributed by atoms with van der Waals surface area (Å²) in [5, 5.41) is 0. The Hall–Kier alpha value is -0.160. The van der Waals surface area contributed by atoms with E-state index in [1.165, 1.54) is 0 Å². The van der Waals surface area contributed by atoms with E-state index in [1.54, 1.807) is 0 Å². The number of hydrazine groups is 3. The van der Waals surface area contributed by atoms with E-state index in [-0.39, 0.29) is 0 Å². The molecule has 0 atom stereocenters. The van der Waals surface area contributed by atoms with Gasteiger partial charge in [-0.15, -0.1) is 0 Å². The van der Waals surface area contributed by atoms with Crippen molar-refractivity contribution in [2.45, 2.75) is 27.2 Å². The van der Waals surface area contributed by atoms with Gasteiger partial charge in [0.1, 0.15) is 0 Å². The maximum absolute atomic E-state index is 4.95. The Bertz CT molecular complexity index is 76.3. The zero-order valence-corrected chi connectivity index (χ0v) is 6.99. The molecule has 0 saturated heterocycles. The fraction of sp³-hybridized carbons (Fsp3) is 1.00. The van der Waals surface area contributed by atoms with Crippen LogP contribution in [0.15, 0.2) is 0 Å². The first-order valence-corrected chi connectivity index (χ1v) is 3.50. The van der Waals surface area contributed by atoms with Gasteiger partial charge in [-0.05, 0) is 11.8 Å². The van der Waals surface area contributed by atoms with E-state index in [4.69, 9.17) is 5.84 Å². The van der Waals surface area contributed by atoms with Crippen molar-refractivity contribution in [3.05, 3.63) is 0 Å². The maximum atomic E-state index is 4.95. The average molecular weight is 146 g/mol. The van der Waals surface area contributed by atoms with Gasteiger partial charge in [0.15, 0.2) is 0 Å². The van der Waals surface area contributed by atoms with E-state index in [1.807, 2.05) is 0 Å². The van der Waals surface area contributed by atoms with Crippen molar-refractivity contribution < 1.29 is 0 Å². The third-order valence-corrected chi connectivity index (χ3v) is 1.16. The van der Waals surface area contributed by atoms with Gasteiger partial charge < -0.3 is 0 Å². The highest BCUT2D eigenvalue weighted by Gasteiger charge is 2.07. The summed E-state index contributed by atoms with van der Waals surface area (Å²) in [6.45, 7) is 7.51. The monoisotopic (exact) mass is 146 g/mol. The molecular weight excluding hydrogens is 128 g/mol. The topological polar surface area (TPSA) is 62.1 Å². The van der Waals surface area contributed by atoms with Crippen LogP contribution in [0.4, 0.5) is 0 Å². The minimum Gasteiger partial charge on any atom is -0.257 e. The Balaban J connectivity index is 3.04. The fourth-order valence-electron chi connectivity index (χ4n) is 0.551. The van der Waals surface area contributed by atoms with Crippen LogP contribution in [0.3, 0.4) is 0 Å². The SMILES string of the molecule is CC(C)(C)CCNNNN. The van der Waals surface area contributed by atoms with Crippen molar-refractivity contribution in [1.82, 2.24) is 16.5 Å². The van der Waals surface area contributed by atoms with Crippen LogP contribution in [0, 0.1) is 5.41 Å². The summed E-state index contributed by atoms with van der Waals surface area (Å²) in [4.78, 5) is 0. The Morgan fingerprint density at radius 2 is 1.90 bits per heavy atom. The first kappa shape index (κ1) is 9.84. The van der Waals surface area contributed by atoms with Crippen LogP contribution in [0.5, 0.6) is 0 Å². The maximum Gasteiger partial charge on any atom is 0.0118 e. The van der Waals surface area contributed by atoms with E-state index in [9.17, 15) is 0 Å². The second kappa shape index (κ2) is 4.62. The third kappa shape index (κ3) is 7.84. The molecule has 5 N–H and O–H groups in total. The summed E-state index contributed by atoms with van der Waals surface area (Å²) in [5.74, 6) is 4.95. The molecule has 0 saturated carbocycles. The van der Waals surface area contributed by atoms with E-state index in [2.05, 4.69) is 37.3 Å². The lowest BCUT2D eigenvalue weighted by atomic mass is 9.93. The van der Waals surface area contributed by atoms with Crippen molar-refractivity contribution in [2.24, 2.45) is 11.3 Å². The minimum absolute atomic E-state index is 0.378. The predicted octanol–water partition coefficient (Wildman–Crippen LogP) is -0.105. The molecule has 0 heterocycles. The number of nitrogens with two attached hydrogens (primary N) is 1. The molecule has 0 aromatic rings. The van der Waals surface area contributed by atoms with Crippen molar-refractivity contribution in [1.29, 1.82) is 0 Å². The van der Waals surface area contributed by atoms with Gasteiger partial charge in [0, 0.05) is 6.54 Å². The molecule has 0 rings (SSSR count). The number of hydrogen-bond acceptors (Lipinski definition) is 4. The minimum atomic E-state index is 0.378. The van der Waals surface area contributed by atoms with E-state index < -0.39 is 0 Å². The van der Waals surface area contributed by atoms with E-state index in [0.29, 0.717) is 5.41 Å². The highest BCUT2D eigenvalue weighted by atomic mass is 15.7. The molecule has 62 valence electrons. The Morgan fingerprint density at radius 1 is 1.30 bits per heavy atom. The van der Waals surface area contributed by atoms with Gasteiger partial charge in [-0.1, -0.05) is 20.8 Å². The van der Waals surface area contributed by atoms with Gasteiger partial charge in [-0.3, -0.25) is 5.84 Å². The van der Waals surface area contributed by atoms with Crippen molar-refractivity contribution in [2.75, 3.05) is 6.54 Å². The molecule has 0 unspecified atom stereocenters. The molecule has 0 radical (unpaired) electrons. The molecular formula is C6H18N4. The largest absolute Gasteiger partial charge is 0.257 e. The molecule has 0 aliphatic rings. The van der Waals surface area contributed by atoms with Gasteiger partial charge in [0.05, 0.1) is 0 Å². The first-order valence-electron chi connectivity index (χ1n) is 3.50. The Labute approximate surface area is 62.5 Å². The van der Waals surface area contributed by atoms with Gasteiger partial charge in [-0.2, -0.15) is 11.1 Å². The molecule has 4 nitrogen and oxygen atoms in total. The van der Waals surface area contributed by atoms with Gasteiger partial charge in [-0.25, -0.2) is 5.43 Å². The summed E-state index contributed by atoms with van der Waals surface area (Å²) in [7, 11) is 0. The second-order valence-electron chi connectivity index (χ2n) is 3.51. The smallest absolute Gasteiger partial charge is 0.0118 e. The predicted molar refractivity (Wildman–Crippen MR) is 42.5 cm³/mol. The lowest BCUT2D eigenvalue weighted by molar-refractivity contribution is 0.338. The van der Waals surface area contributed by atoms with Crippen LogP contribution in [-0.2, 0) is 0 Å². The van der Waals surface area contributed by atoms with Crippen molar-refractivity contribution in [3.8, 4) is 0 Å². The Kier molecular flexibility index (Phi) is 4.55.